The van der Waals surface area contributed by atoms with Gasteiger partial charge < -0.3 is 10.0 Å². The summed E-state index contributed by atoms with van der Waals surface area (Å²) in [6.07, 6.45) is -4.36. The molecule has 0 radical (unpaired) electrons. The second kappa shape index (κ2) is 4.81. The number of fused-ring (bicyclic) bond motifs is 1. The summed E-state index contributed by atoms with van der Waals surface area (Å²) >= 11 is 1.43. The largest absolute Gasteiger partial charge is 0.418 e. The van der Waals surface area contributed by atoms with Gasteiger partial charge in [-0.25, -0.2) is 9.97 Å². The van der Waals surface area contributed by atoms with Gasteiger partial charge in [-0.15, -0.1) is 11.3 Å². The van der Waals surface area contributed by atoms with Gasteiger partial charge in [0.25, 0.3) is 0 Å². The van der Waals surface area contributed by atoms with Gasteiger partial charge in [0.15, 0.2) is 5.60 Å². The van der Waals surface area contributed by atoms with Gasteiger partial charge in [0.1, 0.15) is 16.5 Å². The lowest BCUT2D eigenvalue weighted by molar-refractivity contribution is -0.250. The van der Waals surface area contributed by atoms with Crippen molar-refractivity contribution in [1.82, 2.24) is 9.97 Å². The van der Waals surface area contributed by atoms with Crippen LogP contribution in [-0.2, 0) is 6.42 Å². The molecule has 1 atom stereocenters. The molecule has 1 aliphatic heterocycles. The maximum Gasteiger partial charge on any atom is 0.418 e. The Balaban J connectivity index is 2.00. The van der Waals surface area contributed by atoms with Crippen LogP contribution in [0.15, 0.2) is 11.4 Å². The van der Waals surface area contributed by atoms with E-state index in [-0.39, 0.29) is 13.0 Å². The van der Waals surface area contributed by atoms with E-state index < -0.39 is 18.3 Å². The van der Waals surface area contributed by atoms with Crippen molar-refractivity contribution in [3.63, 3.8) is 0 Å². The fraction of sp³-hybridized carbons (Fsp3) is 0.538. The molecule has 2 aromatic rings. The van der Waals surface area contributed by atoms with Crippen molar-refractivity contribution in [3.05, 3.63) is 17.3 Å². The van der Waals surface area contributed by atoms with E-state index >= 15 is 0 Å². The van der Waals surface area contributed by atoms with E-state index in [1.807, 2.05) is 12.3 Å². The molecule has 0 aliphatic carbocycles. The van der Waals surface area contributed by atoms with Crippen LogP contribution in [0.5, 0.6) is 0 Å². The van der Waals surface area contributed by atoms with Gasteiger partial charge >= 0.3 is 6.18 Å². The average molecular weight is 317 g/mol. The predicted octanol–water partition coefficient (Wildman–Crippen LogP) is 2.76. The Labute approximate surface area is 123 Å². The number of aromatic nitrogens is 2. The van der Waals surface area contributed by atoms with Gasteiger partial charge in [0.2, 0.25) is 0 Å². The number of aliphatic hydroxyl groups is 1. The molecular weight excluding hydrogens is 303 g/mol. The number of alkyl halides is 3. The smallest absolute Gasteiger partial charge is 0.379 e. The number of anilines is 1. The second-order valence-electron chi connectivity index (χ2n) is 5.16. The van der Waals surface area contributed by atoms with Crippen LogP contribution in [-0.4, -0.2) is 39.9 Å². The summed E-state index contributed by atoms with van der Waals surface area (Å²) in [4.78, 5) is 11.0. The molecule has 1 aliphatic rings. The third-order valence-electron chi connectivity index (χ3n) is 3.74. The summed E-state index contributed by atoms with van der Waals surface area (Å²) in [6, 6.07) is 1.81. The number of aryl methyl sites for hydroxylation is 1. The summed E-state index contributed by atoms with van der Waals surface area (Å²) in [5.41, 5.74) is -2.66. The van der Waals surface area contributed by atoms with E-state index in [4.69, 9.17) is 0 Å². The third-order valence-corrected chi connectivity index (χ3v) is 4.55. The van der Waals surface area contributed by atoms with Crippen molar-refractivity contribution < 1.29 is 18.3 Å². The minimum atomic E-state index is -4.63. The molecule has 1 fully saturated rings. The van der Waals surface area contributed by atoms with Crippen LogP contribution < -0.4 is 4.90 Å². The maximum absolute atomic E-state index is 12.9. The van der Waals surface area contributed by atoms with Gasteiger partial charge in [0.05, 0.1) is 11.9 Å². The minimum absolute atomic E-state index is 0.126. The Hall–Kier alpha value is -1.41. The Morgan fingerprint density at radius 3 is 2.81 bits per heavy atom. The molecule has 0 amide bonds. The topological polar surface area (TPSA) is 49.2 Å². The van der Waals surface area contributed by atoms with Crippen molar-refractivity contribution in [3.8, 4) is 0 Å². The molecule has 4 nitrogen and oxygen atoms in total. The van der Waals surface area contributed by atoms with Crippen LogP contribution in [0.25, 0.3) is 10.2 Å². The van der Waals surface area contributed by atoms with Crippen molar-refractivity contribution in [2.24, 2.45) is 0 Å². The molecule has 114 valence electrons. The van der Waals surface area contributed by atoms with Gasteiger partial charge in [-0.3, -0.25) is 0 Å². The quantitative estimate of drug-likeness (QED) is 0.925. The lowest BCUT2D eigenvalue weighted by Gasteiger charge is -2.26. The lowest BCUT2D eigenvalue weighted by atomic mass is 10.0. The second-order valence-corrected chi connectivity index (χ2v) is 6.05. The van der Waals surface area contributed by atoms with Crippen LogP contribution in [0.3, 0.4) is 0 Å². The molecule has 0 spiro atoms. The Kier molecular flexibility index (Phi) is 3.32. The zero-order valence-corrected chi connectivity index (χ0v) is 12.1. The van der Waals surface area contributed by atoms with E-state index in [0.717, 1.165) is 10.2 Å². The zero-order chi connectivity index (χ0) is 15.3. The highest BCUT2D eigenvalue weighted by molar-refractivity contribution is 7.16. The summed E-state index contributed by atoms with van der Waals surface area (Å²) in [5.74, 6) is 1.08. The average Bonchev–Trinajstić information content (AvgIpc) is 3.03. The Morgan fingerprint density at radius 2 is 2.19 bits per heavy atom. The van der Waals surface area contributed by atoms with Crippen molar-refractivity contribution in [2.75, 3.05) is 18.0 Å². The normalized spacial score (nSPS) is 23.2. The first-order chi connectivity index (χ1) is 9.84. The molecule has 0 bridgehead atoms. The molecule has 0 saturated carbocycles. The number of rotatable bonds is 2. The highest BCUT2D eigenvalue weighted by atomic mass is 32.1. The van der Waals surface area contributed by atoms with E-state index in [1.165, 1.54) is 16.2 Å². The van der Waals surface area contributed by atoms with Crippen molar-refractivity contribution >= 4 is 27.4 Å². The van der Waals surface area contributed by atoms with Crippen molar-refractivity contribution in [1.29, 1.82) is 0 Å². The van der Waals surface area contributed by atoms with Crippen LogP contribution in [0.4, 0.5) is 19.0 Å². The first-order valence-electron chi connectivity index (χ1n) is 6.62. The number of nitrogens with zero attached hydrogens (tertiary/aromatic N) is 3. The lowest BCUT2D eigenvalue weighted by Crippen LogP contribution is -2.47. The molecule has 3 rings (SSSR count). The van der Waals surface area contributed by atoms with Crippen LogP contribution in [0.1, 0.15) is 19.2 Å². The first-order valence-corrected chi connectivity index (χ1v) is 7.50. The van der Waals surface area contributed by atoms with Crippen molar-refractivity contribution in [2.45, 2.75) is 31.5 Å². The van der Waals surface area contributed by atoms with Gasteiger partial charge in [-0.05, 0) is 11.4 Å². The summed E-state index contributed by atoms with van der Waals surface area (Å²) in [6.45, 7) is 1.54. The molecule has 21 heavy (non-hydrogen) atoms. The number of hydrogen-bond donors (Lipinski definition) is 1. The van der Waals surface area contributed by atoms with E-state index in [2.05, 4.69) is 9.97 Å². The number of thiophene rings is 1. The molecule has 2 aromatic heterocycles. The molecule has 3 heterocycles. The molecular formula is C13H14F3N3OS. The molecule has 0 aromatic carbocycles. The maximum atomic E-state index is 12.9. The van der Waals surface area contributed by atoms with E-state index in [9.17, 15) is 18.3 Å². The third kappa shape index (κ3) is 2.36. The molecule has 8 heteroatoms. The SMILES string of the molecule is CCc1nc(N2CCC(O)(C(F)(F)F)C2)c2ccsc2n1. The zero-order valence-electron chi connectivity index (χ0n) is 11.3. The molecule has 1 N–H and O–H groups in total. The first kappa shape index (κ1) is 14.5. The predicted molar refractivity (Wildman–Crippen MR) is 74.6 cm³/mol. The summed E-state index contributed by atoms with van der Waals surface area (Å²) < 4.78 is 38.8. The van der Waals surface area contributed by atoms with E-state index in [0.29, 0.717) is 18.1 Å². The van der Waals surface area contributed by atoms with Gasteiger partial charge in [-0.2, -0.15) is 13.2 Å². The standard InChI is InChI=1S/C13H14F3N3OS/c1-2-9-17-10(8-3-6-21-11(8)18-9)19-5-4-12(20,7-19)13(14,15)16/h3,6,20H,2,4-5,7H2,1H3. The minimum Gasteiger partial charge on any atom is -0.379 e. The highest BCUT2D eigenvalue weighted by Gasteiger charge is 2.57. The summed E-state index contributed by atoms with van der Waals surface area (Å²) in [7, 11) is 0. The number of β-amino-alcohol motifs (C(OH)–C–C–N with tert-alkyl or cyclic N) is 1. The Bertz CT molecular complexity index is 672. The van der Waals surface area contributed by atoms with Gasteiger partial charge in [-0.1, -0.05) is 6.92 Å². The van der Waals surface area contributed by atoms with Crippen LogP contribution in [0, 0.1) is 0 Å². The fourth-order valence-electron chi connectivity index (χ4n) is 2.49. The molecule has 1 unspecified atom stereocenters. The number of hydrogen-bond acceptors (Lipinski definition) is 5. The highest BCUT2D eigenvalue weighted by Crippen LogP contribution is 2.40. The monoisotopic (exact) mass is 317 g/mol. The van der Waals surface area contributed by atoms with E-state index in [1.54, 1.807) is 6.07 Å². The fourth-order valence-corrected chi connectivity index (χ4v) is 3.27. The van der Waals surface area contributed by atoms with Gasteiger partial charge in [0, 0.05) is 19.4 Å². The van der Waals surface area contributed by atoms with Crippen LogP contribution >= 0.6 is 11.3 Å². The molecule has 1 saturated heterocycles. The number of halogens is 3. The van der Waals surface area contributed by atoms with Crippen LogP contribution in [0.2, 0.25) is 0 Å². The Morgan fingerprint density at radius 1 is 1.43 bits per heavy atom. The summed E-state index contributed by atoms with van der Waals surface area (Å²) in [5, 5.41) is 12.4.